The predicted molar refractivity (Wildman–Crippen MR) is 454 cm³/mol. The Morgan fingerprint density at radius 1 is 0.455 bits per heavy atom. The highest BCUT2D eigenvalue weighted by Crippen LogP contribution is 2.35. The van der Waals surface area contributed by atoms with E-state index >= 15 is 0 Å². The number of hydrogen-bond donors (Lipinski definition) is 7. The first-order chi connectivity index (χ1) is 58.0. The number of nitrogens with one attached hydrogen (secondary N) is 4. The maximum Gasteiger partial charge on any atom is 0.411 e. The molecule has 2 aliphatic heterocycles. The summed E-state index contributed by atoms with van der Waals surface area (Å²) in [5.41, 5.74) is 8.30. The number of rotatable bonds is 42. The average Bonchev–Trinajstić information content (AvgIpc) is 0.816. The van der Waals surface area contributed by atoms with Gasteiger partial charge < -0.3 is 68.9 Å². The van der Waals surface area contributed by atoms with Gasteiger partial charge in [-0.05, 0) is 170 Å². The number of anilines is 2. The number of carboxylic acid groups (broad SMARTS) is 1. The monoisotopic (exact) mass is 1670 g/mol. The van der Waals surface area contributed by atoms with E-state index in [1.54, 1.807) is 109 Å². The van der Waals surface area contributed by atoms with Crippen LogP contribution < -0.4 is 30.7 Å². The Kier molecular flexibility index (Phi) is 38.8. The van der Waals surface area contributed by atoms with E-state index in [0.717, 1.165) is 47.9 Å². The Hall–Kier alpha value is -12.0. The van der Waals surface area contributed by atoms with Crippen molar-refractivity contribution in [3.05, 3.63) is 213 Å². The summed E-state index contributed by atoms with van der Waals surface area (Å²) in [6, 6.07) is 33.1. The van der Waals surface area contributed by atoms with Gasteiger partial charge >= 0.3 is 36.1 Å². The molecule has 0 spiro atoms. The molecule has 28 nitrogen and oxygen atoms in total. The van der Waals surface area contributed by atoms with Crippen molar-refractivity contribution in [3.63, 3.8) is 0 Å². The molecule has 6 amide bonds. The minimum atomic E-state index is -0.925. The van der Waals surface area contributed by atoms with E-state index in [4.69, 9.17) is 33.2 Å². The molecular formula is C93H116N6O22. The van der Waals surface area contributed by atoms with E-state index < -0.39 is 65.8 Å². The molecule has 0 unspecified atom stereocenters. The lowest BCUT2D eigenvalue weighted by molar-refractivity contribution is -0.147. The fraction of sp³-hybridized carbons (Fsp3) is 0.441. The van der Waals surface area contributed by atoms with Gasteiger partial charge in [-0.15, -0.1) is 0 Å². The van der Waals surface area contributed by atoms with Crippen molar-refractivity contribution < 1.29 is 106 Å². The van der Waals surface area contributed by atoms with Crippen LogP contribution in [0.3, 0.4) is 0 Å². The van der Waals surface area contributed by atoms with E-state index in [1.807, 2.05) is 64.1 Å². The number of carboxylic acids is 1. The molecule has 0 saturated carbocycles. The lowest BCUT2D eigenvalue weighted by Crippen LogP contribution is -2.45. The fourth-order valence-electron chi connectivity index (χ4n) is 14.2. The summed E-state index contributed by atoms with van der Waals surface area (Å²) in [5, 5.41) is 40.3. The predicted octanol–water partition coefficient (Wildman–Crippen LogP) is 11.8. The van der Waals surface area contributed by atoms with Crippen molar-refractivity contribution >= 4 is 82.6 Å². The van der Waals surface area contributed by atoms with Crippen LogP contribution in [0, 0.1) is 23.7 Å². The number of ketones is 2. The van der Waals surface area contributed by atoms with Crippen molar-refractivity contribution in [2.24, 2.45) is 23.7 Å². The summed E-state index contributed by atoms with van der Waals surface area (Å²) < 4.78 is 37.5. The number of aliphatic hydroxyl groups is 2. The van der Waals surface area contributed by atoms with Crippen molar-refractivity contribution in [3.8, 4) is 11.5 Å². The number of methoxy groups -OCH3 is 3. The lowest BCUT2D eigenvalue weighted by Gasteiger charge is -2.35. The molecule has 28 heteroatoms. The van der Waals surface area contributed by atoms with Crippen molar-refractivity contribution in [1.82, 2.24) is 20.4 Å². The zero-order valence-electron chi connectivity index (χ0n) is 70.7. The minimum absolute atomic E-state index is 0.0370. The van der Waals surface area contributed by atoms with E-state index in [-0.39, 0.29) is 154 Å². The van der Waals surface area contributed by atoms with Gasteiger partial charge in [0.25, 0.3) is 11.8 Å². The second-order valence-corrected chi connectivity index (χ2v) is 30.9. The van der Waals surface area contributed by atoms with Crippen molar-refractivity contribution in [2.45, 2.75) is 182 Å². The zero-order chi connectivity index (χ0) is 88.2. The smallest absolute Gasteiger partial charge is 0.411 e. The van der Waals surface area contributed by atoms with Crippen LogP contribution in [0.1, 0.15) is 169 Å². The number of aliphatic carboxylic acids is 1. The molecule has 2 saturated heterocycles. The van der Waals surface area contributed by atoms with Gasteiger partial charge in [-0.3, -0.25) is 58.6 Å². The summed E-state index contributed by atoms with van der Waals surface area (Å²) in [6.07, 6.45) is 7.89. The molecule has 6 atom stereocenters. The fourth-order valence-corrected chi connectivity index (χ4v) is 14.2. The van der Waals surface area contributed by atoms with Gasteiger partial charge in [0.2, 0.25) is 11.8 Å². The summed E-state index contributed by atoms with van der Waals surface area (Å²) in [7, 11) is 4.36. The third kappa shape index (κ3) is 30.3. The van der Waals surface area contributed by atoms with Crippen LogP contribution in [0.4, 0.5) is 21.0 Å². The number of ether oxygens (including phenoxy) is 7. The second-order valence-electron chi connectivity index (χ2n) is 30.9. The topological polar surface area (TPSA) is 385 Å². The Morgan fingerprint density at radius 2 is 0.835 bits per heavy atom. The van der Waals surface area contributed by atoms with Gasteiger partial charge in [0.1, 0.15) is 37.9 Å². The normalized spacial score (nSPS) is 14.7. The van der Waals surface area contributed by atoms with E-state index in [1.165, 1.54) is 33.5 Å². The molecule has 0 aliphatic carbocycles. The third-order valence-electron chi connectivity index (χ3n) is 21.3. The molecule has 6 aromatic rings. The molecular weight excluding hydrogens is 1550 g/mol. The molecule has 8 rings (SSSR count). The number of aliphatic hydroxyl groups excluding tert-OH is 2. The van der Waals surface area contributed by atoms with Crippen LogP contribution >= 0.6 is 0 Å². The molecule has 2 heterocycles. The summed E-state index contributed by atoms with van der Waals surface area (Å²) in [4.78, 5) is 157. The number of Topliss-reactive ketones (excluding diaryl/α,β-unsaturated/α-hetero) is 2. The molecule has 6 aromatic carbocycles. The molecule has 121 heavy (non-hydrogen) atoms. The van der Waals surface area contributed by atoms with Gasteiger partial charge in [0.05, 0.1) is 119 Å². The van der Waals surface area contributed by atoms with E-state index in [9.17, 15) is 72.9 Å². The number of amides is 6. The molecule has 0 radical (unpaired) electrons. The molecule has 650 valence electrons. The number of carbonyl (C=O) groups is 12. The molecule has 0 bridgehead atoms. The first-order valence-electron chi connectivity index (χ1n) is 40.9. The average molecular weight is 1670 g/mol. The number of nitrogens with zero attached hydrogens (tertiary/aromatic N) is 2. The summed E-state index contributed by atoms with van der Waals surface area (Å²) in [5.74, 6) is -5.02. The van der Waals surface area contributed by atoms with Gasteiger partial charge in [-0.25, -0.2) is 9.59 Å². The number of likely N-dealkylation sites (tertiary alicyclic amines) is 2. The highest BCUT2D eigenvalue weighted by atomic mass is 16.6. The first kappa shape index (κ1) is 96.1. The number of piperidine rings is 2. The Balaban J connectivity index is 0.000000333. The quantitative estimate of drug-likeness (QED) is 0.0106. The number of carbonyl (C=O) groups excluding carboxylic acids is 11. The molecule has 0 aromatic heterocycles. The molecule has 7 N–H and O–H groups in total. The maximum absolute atomic E-state index is 14.1. The van der Waals surface area contributed by atoms with Crippen LogP contribution in [0.2, 0.25) is 0 Å². The van der Waals surface area contributed by atoms with E-state index in [2.05, 4.69) is 34.4 Å². The number of aryl methyl sites for hydroxylation is 4. The number of benzene rings is 6. The second kappa shape index (κ2) is 48.9. The van der Waals surface area contributed by atoms with Gasteiger partial charge in [0.15, 0.2) is 11.6 Å². The van der Waals surface area contributed by atoms with Crippen LogP contribution in [-0.4, -0.2) is 181 Å². The van der Waals surface area contributed by atoms with Crippen LogP contribution in [0.5, 0.6) is 11.5 Å². The maximum atomic E-state index is 14.1. The number of hydrogen-bond acceptors (Lipinski definition) is 21. The SMILES string of the molecule is C=CCOC(=O)C[C@H](C(=O)N[C@@H](C)C(=O)Cc1ccc(COC(=O)Nc2cc(CCc3cccc(CC(=O)O)c3)c(OC)cc2C(=O)N2CCCC[C@H]2CO)cc1)C(C)C.C=CCOC(=O)C[C@H](C(=O)N[C@@H](C)C(=O)Cc1ccc(COC(=O)Nc2cc(CCc3cccc(CC(=O)OC)c3)c(OC)cc2C(=O)N2CCCC[C@H]2CO)cc1)C(C)C. The van der Waals surface area contributed by atoms with Gasteiger partial charge in [-0.2, -0.15) is 0 Å². The lowest BCUT2D eigenvalue weighted by atomic mass is 9.91. The minimum Gasteiger partial charge on any atom is -0.496 e. The van der Waals surface area contributed by atoms with Gasteiger partial charge in [0, 0.05) is 25.9 Å². The Bertz CT molecular complexity index is 4580. The molecule has 2 aliphatic rings. The van der Waals surface area contributed by atoms with Crippen molar-refractivity contribution in [1.29, 1.82) is 0 Å². The largest absolute Gasteiger partial charge is 0.496 e. The summed E-state index contributed by atoms with van der Waals surface area (Å²) >= 11 is 0. The number of esters is 3. The van der Waals surface area contributed by atoms with Crippen LogP contribution in [0.25, 0.3) is 0 Å². The van der Waals surface area contributed by atoms with Crippen LogP contribution in [0.15, 0.2) is 147 Å². The molecule has 2 fully saturated rings. The third-order valence-corrected chi connectivity index (χ3v) is 21.3. The van der Waals surface area contributed by atoms with E-state index in [0.29, 0.717) is 96.5 Å². The highest BCUT2D eigenvalue weighted by Gasteiger charge is 2.34. The van der Waals surface area contributed by atoms with Gasteiger partial charge in [-0.1, -0.05) is 150 Å². The van der Waals surface area contributed by atoms with Crippen LogP contribution in [-0.2, 0) is 127 Å². The Labute approximate surface area is 707 Å². The summed E-state index contributed by atoms with van der Waals surface area (Å²) in [6.45, 7) is 17.9. The standard InChI is InChI=1S/C47H59N3O11.C46H57N3O11/c1-7-21-60-44(54)27-38(30(2)3)45(55)48-31(4)41(52)23-33-14-16-34(17-15-33)29-61-47(57)49-40-25-36(19-18-32-11-10-12-35(22-32)24-43(53)59-6)42(58-5)26-39(40)46(56)50-20-9-8-13-37(50)28-51;1-6-20-59-43(54)26-37(29(2)3)44(55)47-30(4)40(51)22-32-13-15-33(16-14-32)28-60-46(57)48-39-24-35(18-17-31-10-9-11-34(21-31)23-42(52)53)41(58-5)25-38(39)45(56)49-19-8-7-12-36(49)27-50/h7,10-12,14-17,22,25-26,30-31,37-38,51H,1,8-9,13,18-21,23-24,27-29H2,2-6H3,(H,48,55)(H,49,57);6,9-11,13-16,21,24-25,29-30,36-37,50H,1,7-8,12,17-20,22-23,26-28H2,2-5H3,(H,47,55)(H,48,57)(H,52,53)/t31-,37-,38-;30-,36-,37-/m00/s1. The first-order valence-corrected chi connectivity index (χ1v) is 40.9. The van der Waals surface area contributed by atoms with Crippen molar-refractivity contribution in [2.75, 3.05) is 71.5 Å². The highest BCUT2D eigenvalue weighted by molar-refractivity contribution is 6.05. The Morgan fingerprint density at radius 3 is 1.19 bits per heavy atom. The zero-order valence-corrected chi connectivity index (χ0v) is 70.7.